The number of benzene rings is 1. The fourth-order valence-electron chi connectivity index (χ4n) is 3.70. The van der Waals surface area contributed by atoms with Crippen LogP contribution < -0.4 is 10.3 Å². The molecule has 1 aliphatic rings. The Morgan fingerprint density at radius 2 is 2.19 bits per heavy atom. The number of rotatable bonds is 5. The summed E-state index contributed by atoms with van der Waals surface area (Å²) in [6.45, 7) is 4.24. The number of nitrogens with zero attached hydrogens (tertiary/aromatic N) is 3. The van der Waals surface area contributed by atoms with Crippen LogP contribution in [0, 0.1) is 5.82 Å². The van der Waals surface area contributed by atoms with Crippen LogP contribution in [0.15, 0.2) is 35.1 Å². The van der Waals surface area contributed by atoms with E-state index in [1.807, 2.05) is 13.0 Å². The first-order valence-electron chi connectivity index (χ1n) is 9.23. The highest BCUT2D eigenvalue weighted by atomic mass is 19.1. The summed E-state index contributed by atoms with van der Waals surface area (Å²) in [5, 5.41) is 3.19. The summed E-state index contributed by atoms with van der Waals surface area (Å²) in [6, 6.07) is 8.51. The Balaban J connectivity index is 1.50. The van der Waals surface area contributed by atoms with E-state index in [1.54, 1.807) is 18.2 Å². The number of aromatic nitrogens is 3. The number of aryl methyl sites for hydroxylation is 1. The Labute approximate surface area is 156 Å². The van der Waals surface area contributed by atoms with Crippen LogP contribution in [0.4, 0.5) is 4.39 Å². The van der Waals surface area contributed by atoms with Crippen LogP contribution in [0.1, 0.15) is 36.2 Å². The molecule has 0 amide bonds. The van der Waals surface area contributed by atoms with Crippen LogP contribution in [0.2, 0.25) is 0 Å². The van der Waals surface area contributed by atoms with Gasteiger partial charge in [0, 0.05) is 54.2 Å². The van der Waals surface area contributed by atoms with Gasteiger partial charge in [-0.15, -0.1) is 0 Å². The molecule has 1 saturated heterocycles. The molecule has 3 heterocycles. The smallest absolute Gasteiger partial charge is 0.272 e. The number of ether oxygens (including phenoxy) is 1. The average molecular weight is 370 g/mol. The number of H-pyrrole nitrogens is 1. The van der Waals surface area contributed by atoms with E-state index < -0.39 is 0 Å². The number of hydrogen-bond acceptors (Lipinski definition) is 4. The van der Waals surface area contributed by atoms with E-state index in [2.05, 4.69) is 15.0 Å². The van der Waals surface area contributed by atoms with Gasteiger partial charge in [0.05, 0.1) is 7.11 Å². The summed E-state index contributed by atoms with van der Waals surface area (Å²) in [7, 11) is 1.53. The van der Waals surface area contributed by atoms with Gasteiger partial charge < -0.3 is 4.74 Å². The molecule has 1 N–H and O–H groups in total. The Morgan fingerprint density at radius 1 is 1.33 bits per heavy atom. The molecule has 3 aromatic rings. The molecule has 142 valence electrons. The minimum atomic E-state index is -0.244. The highest BCUT2D eigenvalue weighted by Gasteiger charge is 2.26. The van der Waals surface area contributed by atoms with Crippen molar-refractivity contribution in [3.8, 4) is 5.75 Å². The molecule has 4 rings (SSSR count). The van der Waals surface area contributed by atoms with Gasteiger partial charge in [0.15, 0.2) is 5.65 Å². The summed E-state index contributed by atoms with van der Waals surface area (Å²) in [5.41, 5.74) is 3.05. The van der Waals surface area contributed by atoms with Crippen LogP contribution in [0.5, 0.6) is 5.75 Å². The monoisotopic (exact) mass is 370 g/mol. The maximum absolute atomic E-state index is 14.2. The van der Waals surface area contributed by atoms with Crippen molar-refractivity contribution >= 4 is 5.65 Å². The van der Waals surface area contributed by atoms with Crippen LogP contribution in [-0.4, -0.2) is 39.7 Å². The predicted molar refractivity (Wildman–Crippen MR) is 101 cm³/mol. The van der Waals surface area contributed by atoms with Gasteiger partial charge in [-0.2, -0.15) is 0 Å². The van der Waals surface area contributed by atoms with E-state index in [1.165, 1.54) is 17.7 Å². The molecule has 2 aromatic heterocycles. The molecule has 7 heteroatoms. The van der Waals surface area contributed by atoms with Gasteiger partial charge >= 0.3 is 0 Å². The molecule has 1 fully saturated rings. The van der Waals surface area contributed by atoms with Crippen molar-refractivity contribution in [3.05, 3.63) is 63.5 Å². The molecular weight excluding hydrogens is 347 g/mol. The lowest BCUT2D eigenvalue weighted by Crippen LogP contribution is -2.20. The number of methoxy groups -OCH3 is 1. The third-order valence-electron chi connectivity index (χ3n) is 5.25. The minimum Gasteiger partial charge on any atom is -0.497 e. The maximum Gasteiger partial charge on any atom is 0.272 e. The summed E-state index contributed by atoms with van der Waals surface area (Å²) in [6.07, 6.45) is 1.69. The third kappa shape index (κ3) is 3.47. The number of likely N-dealkylation sites (tertiary alicyclic amines) is 1. The number of halogens is 1. The first-order chi connectivity index (χ1) is 13.1. The fourth-order valence-corrected chi connectivity index (χ4v) is 3.70. The van der Waals surface area contributed by atoms with Crippen molar-refractivity contribution in [3.63, 3.8) is 0 Å². The van der Waals surface area contributed by atoms with Gasteiger partial charge in [-0.25, -0.2) is 13.9 Å². The van der Waals surface area contributed by atoms with Crippen LogP contribution in [0.3, 0.4) is 0 Å². The van der Waals surface area contributed by atoms with Gasteiger partial charge in [-0.1, -0.05) is 13.0 Å². The van der Waals surface area contributed by atoms with E-state index in [9.17, 15) is 9.18 Å². The standard InChI is InChI=1S/C20H23FN4O2/c1-3-15-8-20(26)25-19(22-15)10-18(23-25)14-6-7-24(12-14)11-13-4-5-16(27-2)9-17(13)21/h4-5,8-10,14,23H,3,6-7,11-12H2,1-2H3. The number of hydrogen-bond donors (Lipinski definition) is 1. The molecule has 0 aliphatic carbocycles. The number of fused-ring (bicyclic) bond motifs is 1. The molecule has 0 spiro atoms. The van der Waals surface area contributed by atoms with Crippen molar-refractivity contribution in [2.45, 2.75) is 32.2 Å². The molecule has 0 radical (unpaired) electrons. The highest BCUT2D eigenvalue weighted by molar-refractivity contribution is 5.41. The summed E-state index contributed by atoms with van der Waals surface area (Å²) < 4.78 is 20.8. The second-order valence-electron chi connectivity index (χ2n) is 7.02. The highest BCUT2D eigenvalue weighted by Crippen LogP contribution is 2.28. The zero-order valence-corrected chi connectivity index (χ0v) is 15.5. The van der Waals surface area contributed by atoms with Gasteiger partial charge in [-0.3, -0.25) is 14.8 Å². The molecule has 1 atom stereocenters. The summed E-state index contributed by atoms with van der Waals surface area (Å²) in [4.78, 5) is 19.0. The third-order valence-corrected chi connectivity index (χ3v) is 5.25. The first-order valence-corrected chi connectivity index (χ1v) is 9.23. The van der Waals surface area contributed by atoms with E-state index in [-0.39, 0.29) is 17.3 Å². The van der Waals surface area contributed by atoms with Crippen molar-refractivity contribution < 1.29 is 9.13 Å². The van der Waals surface area contributed by atoms with E-state index in [0.29, 0.717) is 23.5 Å². The molecular formula is C20H23FN4O2. The normalized spacial score (nSPS) is 17.7. The number of nitrogens with one attached hydrogen (secondary N) is 1. The minimum absolute atomic E-state index is 0.0849. The van der Waals surface area contributed by atoms with Gasteiger partial charge in [-0.05, 0) is 25.5 Å². The lowest BCUT2D eigenvalue weighted by Gasteiger charge is -2.16. The Morgan fingerprint density at radius 3 is 2.93 bits per heavy atom. The van der Waals surface area contributed by atoms with Crippen LogP contribution in [0.25, 0.3) is 5.65 Å². The maximum atomic E-state index is 14.2. The Kier molecular flexibility index (Phi) is 4.70. The topological polar surface area (TPSA) is 62.6 Å². The average Bonchev–Trinajstić information content (AvgIpc) is 3.30. The Bertz CT molecular complexity index is 1030. The fraction of sp³-hybridized carbons (Fsp3) is 0.400. The van der Waals surface area contributed by atoms with Crippen molar-refractivity contribution in [2.24, 2.45) is 0 Å². The van der Waals surface area contributed by atoms with Gasteiger partial charge in [0.1, 0.15) is 11.6 Å². The zero-order chi connectivity index (χ0) is 19.0. The lowest BCUT2D eigenvalue weighted by atomic mass is 10.1. The summed E-state index contributed by atoms with van der Waals surface area (Å²) >= 11 is 0. The van der Waals surface area contributed by atoms with Crippen molar-refractivity contribution in [1.82, 2.24) is 19.5 Å². The molecule has 1 unspecified atom stereocenters. The van der Waals surface area contributed by atoms with Gasteiger partial charge in [0.25, 0.3) is 5.56 Å². The molecule has 1 aromatic carbocycles. The predicted octanol–water partition coefficient (Wildman–Crippen LogP) is 2.72. The van der Waals surface area contributed by atoms with Crippen molar-refractivity contribution in [2.75, 3.05) is 20.2 Å². The van der Waals surface area contributed by atoms with Gasteiger partial charge in [0.2, 0.25) is 0 Å². The lowest BCUT2D eigenvalue weighted by molar-refractivity contribution is 0.320. The van der Waals surface area contributed by atoms with E-state index in [0.717, 1.165) is 37.3 Å². The van der Waals surface area contributed by atoms with Crippen molar-refractivity contribution in [1.29, 1.82) is 0 Å². The molecule has 6 nitrogen and oxygen atoms in total. The van der Waals surface area contributed by atoms with Crippen LogP contribution in [-0.2, 0) is 13.0 Å². The largest absolute Gasteiger partial charge is 0.497 e. The summed E-state index contributed by atoms with van der Waals surface area (Å²) in [5.74, 6) is 0.557. The van der Waals surface area contributed by atoms with E-state index in [4.69, 9.17) is 4.74 Å². The first kappa shape index (κ1) is 17.7. The molecule has 1 aliphatic heterocycles. The quantitative estimate of drug-likeness (QED) is 0.750. The van der Waals surface area contributed by atoms with Crippen LogP contribution >= 0.6 is 0 Å². The molecule has 0 bridgehead atoms. The Hall–Kier alpha value is -2.67. The zero-order valence-electron chi connectivity index (χ0n) is 15.5. The SMILES string of the molecule is CCc1cc(=O)n2[nH]c(C3CCN(Cc4ccc(OC)cc4F)C3)cc2n1. The molecule has 0 saturated carbocycles. The van der Waals surface area contributed by atoms with E-state index >= 15 is 0 Å². The molecule has 27 heavy (non-hydrogen) atoms. The second kappa shape index (κ2) is 7.15. The number of aromatic amines is 1. The second-order valence-corrected chi connectivity index (χ2v) is 7.02.